The molecule has 2 aromatic carbocycles. The Morgan fingerprint density at radius 3 is 2.14 bits per heavy atom. The molecule has 2 fully saturated rings. The molecular weight excluding hydrogens is 828 g/mol. The summed E-state index contributed by atoms with van der Waals surface area (Å²) in [5.74, 6) is -3.76. The number of piperidine rings is 1. The van der Waals surface area contributed by atoms with Crippen molar-refractivity contribution in [3.63, 3.8) is 0 Å². The van der Waals surface area contributed by atoms with Crippen LogP contribution < -0.4 is 31.5 Å². The number of esters is 1. The van der Waals surface area contributed by atoms with E-state index in [9.17, 15) is 42.6 Å². The maximum Gasteiger partial charge on any atom is 0.490 e. The van der Waals surface area contributed by atoms with E-state index in [2.05, 4.69) is 56.2 Å². The Morgan fingerprint density at radius 1 is 0.825 bits per heavy atom. The summed E-state index contributed by atoms with van der Waals surface area (Å²) >= 11 is 0. The summed E-state index contributed by atoms with van der Waals surface area (Å²) in [6, 6.07) is 22.6. The second-order valence-corrected chi connectivity index (χ2v) is 15.1. The van der Waals surface area contributed by atoms with Gasteiger partial charge in [-0.05, 0) is 42.5 Å². The molecule has 7 rings (SSSR count). The van der Waals surface area contributed by atoms with Crippen LogP contribution in [0.4, 0.5) is 29.6 Å². The van der Waals surface area contributed by atoms with Crippen molar-refractivity contribution >= 4 is 46.6 Å². The Hall–Kier alpha value is -6.87. The van der Waals surface area contributed by atoms with Gasteiger partial charge in [0.15, 0.2) is 18.1 Å². The van der Waals surface area contributed by atoms with Crippen LogP contribution in [0, 0.1) is 0 Å². The molecule has 63 heavy (non-hydrogen) atoms. The Balaban J connectivity index is 1.05. The normalized spacial score (nSPS) is 19.1. The van der Waals surface area contributed by atoms with Gasteiger partial charge in [-0.3, -0.25) is 9.59 Å². The van der Waals surface area contributed by atoms with E-state index in [1.54, 1.807) is 6.20 Å². The summed E-state index contributed by atoms with van der Waals surface area (Å²) in [5.41, 5.74) is 2.30. The van der Waals surface area contributed by atoms with Crippen molar-refractivity contribution in [2.24, 2.45) is 0 Å². The number of hydrogen-bond acceptors (Lipinski definition) is 13. The molecular formula is C42H46F3N11O7. The Labute approximate surface area is 358 Å². The lowest BCUT2D eigenvalue weighted by Gasteiger charge is -2.33. The van der Waals surface area contributed by atoms with Crippen molar-refractivity contribution in [1.29, 1.82) is 0 Å². The maximum atomic E-state index is 13.7. The molecule has 4 heterocycles. The topological polar surface area (TPSA) is 238 Å². The summed E-state index contributed by atoms with van der Waals surface area (Å²) in [4.78, 5) is 70.0. The molecule has 21 heteroatoms. The third kappa shape index (κ3) is 11.0. The number of urea groups is 1. The second kappa shape index (κ2) is 19.9. The lowest BCUT2D eigenvalue weighted by Crippen LogP contribution is -2.49. The molecule has 1 aliphatic heterocycles. The van der Waals surface area contributed by atoms with Crippen LogP contribution in [-0.2, 0) is 14.3 Å². The number of carbonyl (C=O) groups excluding carboxylic acids is 4. The second-order valence-electron chi connectivity index (χ2n) is 15.1. The summed E-state index contributed by atoms with van der Waals surface area (Å²) in [6.45, 7) is 0.610. The zero-order chi connectivity index (χ0) is 44.5. The van der Waals surface area contributed by atoms with Crippen LogP contribution in [-0.4, -0.2) is 128 Å². The number of anilines is 2. The number of benzene rings is 2. The van der Waals surface area contributed by atoms with E-state index < -0.39 is 54.9 Å². The lowest BCUT2D eigenvalue weighted by molar-refractivity contribution is -0.200. The largest absolute Gasteiger partial charge is 0.490 e. The van der Waals surface area contributed by atoms with Crippen LogP contribution in [0.25, 0.3) is 11.2 Å². The average Bonchev–Trinajstić information content (AvgIpc) is 3.84. The summed E-state index contributed by atoms with van der Waals surface area (Å²) in [5, 5.41) is 36.1. The van der Waals surface area contributed by atoms with Crippen molar-refractivity contribution < 1.29 is 47.3 Å². The van der Waals surface area contributed by atoms with Gasteiger partial charge in [-0.2, -0.15) is 13.2 Å². The number of aliphatic hydroxyl groups excluding tert-OH is 2. The van der Waals surface area contributed by atoms with Crippen LogP contribution in [0.5, 0.6) is 0 Å². The predicted octanol–water partition coefficient (Wildman–Crippen LogP) is 2.42. The highest BCUT2D eigenvalue weighted by Crippen LogP contribution is 2.35. The minimum atomic E-state index is -5.31. The number of nitrogens with one attached hydrogen (secondary N) is 5. The van der Waals surface area contributed by atoms with Gasteiger partial charge in [0.25, 0.3) is 11.8 Å². The SMILES string of the molecule is O=C(COC(=O)C(F)(F)F)N[C@H]1C[C@@H](n2cnc3c(NCC(c4ccccc4)c4ccccc4)nc(C(=O)NCCNC(=O)NC4CCN(c5ccccn5)CC4)nc32)[C@H](O)[C@@H]1O. The molecule has 1 saturated heterocycles. The average molecular weight is 874 g/mol. The zero-order valence-corrected chi connectivity index (χ0v) is 33.7. The fourth-order valence-electron chi connectivity index (χ4n) is 7.73. The molecule has 3 aromatic heterocycles. The van der Waals surface area contributed by atoms with E-state index in [-0.39, 0.29) is 60.3 Å². The van der Waals surface area contributed by atoms with Crippen molar-refractivity contribution in [2.75, 3.05) is 49.5 Å². The van der Waals surface area contributed by atoms with Gasteiger partial charge in [0.05, 0.1) is 18.4 Å². The first-order valence-electron chi connectivity index (χ1n) is 20.3. The number of fused-ring (bicyclic) bond motifs is 1. The number of nitrogens with zero attached hydrogens (tertiary/aromatic N) is 6. The molecule has 7 N–H and O–H groups in total. The molecule has 0 bridgehead atoms. The minimum absolute atomic E-state index is 0.0189. The van der Waals surface area contributed by atoms with Crippen molar-refractivity contribution in [3.8, 4) is 0 Å². The summed E-state index contributed by atoms with van der Waals surface area (Å²) in [6.07, 6.45) is -4.05. The number of alkyl halides is 3. The van der Waals surface area contributed by atoms with E-state index in [0.29, 0.717) is 6.54 Å². The van der Waals surface area contributed by atoms with Gasteiger partial charge >= 0.3 is 18.2 Å². The standard InChI is InChI=1S/C42H46F3N11O7/c43-42(44,45)40(61)63-23-32(57)52-29-21-30(35(59)34(29)58)56-24-50-33-36(49-22-28(25-9-3-1-4-10-25)26-11-5-2-6-12-26)53-37(54-38(33)56)39(60)47-17-18-48-41(62)51-27-14-19-55(20-15-27)31-13-7-8-16-46-31/h1-13,16,24,27-30,34-35,58-59H,14-15,17-23H2,(H,47,60)(H,52,57)(H2,48,51,62)(H,49,53,54)/t29-,30+,34+,35-/m0/s1. The van der Waals surface area contributed by atoms with Crippen LogP contribution >= 0.6 is 0 Å². The number of pyridine rings is 1. The van der Waals surface area contributed by atoms with Crippen LogP contribution in [0.2, 0.25) is 0 Å². The molecule has 0 spiro atoms. The summed E-state index contributed by atoms with van der Waals surface area (Å²) < 4.78 is 43.2. The third-order valence-electron chi connectivity index (χ3n) is 10.9. The molecule has 4 atom stereocenters. The Bertz CT molecular complexity index is 2310. The van der Waals surface area contributed by atoms with E-state index >= 15 is 0 Å². The first kappa shape index (κ1) is 44.2. The number of amides is 4. The van der Waals surface area contributed by atoms with Gasteiger partial charge in [0.1, 0.15) is 23.5 Å². The fourth-order valence-corrected chi connectivity index (χ4v) is 7.73. The number of aliphatic hydroxyl groups is 2. The highest BCUT2D eigenvalue weighted by Gasteiger charge is 2.45. The van der Waals surface area contributed by atoms with Crippen LogP contribution in [0.1, 0.15) is 53.0 Å². The molecule has 1 aliphatic carbocycles. The smallest absolute Gasteiger partial charge is 0.449 e. The maximum absolute atomic E-state index is 13.7. The molecule has 1 saturated carbocycles. The molecule has 0 radical (unpaired) electrons. The number of aromatic nitrogens is 5. The van der Waals surface area contributed by atoms with Gasteiger partial charge in [0.2, 0.25) is 5.82 Å². The zero-order valence-electron chi connectivity index (χ0n) is 33.7. The molecule has 18 nitrogen and oxygen atoms in total. The van der Waals surface area contributed by atoms with E-state index in [0.717, 1.165) is 42.9 Å². The summed E-state index contributed by atoms with van der Waals surface area (Å²) in [7, 11) is 0. The van der Waals surface area contributed by atoms with E-state index in [4.69, 9.17) is 0 Å². The van der Waals surface area contributed by atoms with Crippen LogP contribution in [0.3, 0.4) is 0 Å². The molecule has 4 amide bonds. The monoisotopic (exact) mass is 873 g/mol. The number of imidazole rings is 1. The van der Waals surface area contributed by atoms with Crippen molar-refractivity contribution in [2.45, 2.75) is 61.7 Å². The van der Waals surface area contributed by atoms with Crippen LogP contribution in [0.15, 0.2) is 91.4 Å². The molecule has 332 valence electrons. The molecule has 2 aliphatic rings. The third-order valence-corrected chi connectivity index (χ3v) is 10.9. The molecule has 0 unspecified atom stereocenters. The quantitative estimate of drug-likeness (QED) is 0.0592. The first-order chi connectivity index (χ1) is 30.4. The van der Waals surface area contributed by atoms with Gasteiger partial charge < -0.3 is 51.0 Å². The highest BCUT2D eigenvalue weighted by atomic mass is 19.4. The lowest BCUT2D eigenvalue weighted by atomic mass is 9.91. The van der Waals surface area contributed by atoms with Gasteiger partial charge in [-0.25, -0.2) is 29.5 Å². The highest BCUT2D eigenvalue weighted by molar-refractivity contribution is 5.94. The van der Waals surface area contributed by atoms with Crippen molar-refractivity contribution in [1.82, 2.24) is 45.8 Å². The number of rotatable bonds is 15. The Kier molecular flexibility index (Phi) is 13.9. The molecule has 5 aromatic rings. The number of ether oxygens (including phenoxy) is 1. The Morgan fingerprint density at radius 2 is 1.49 bits per heavy atom. The van der Waals surface area contributed by atoms with Crippen molar-refractivity contribution in [3.05, 3.63) is 108 Å². The van der Waals surface area contributed by atoms with E-state index in [1.165, 1.54) is 10.9 Å². The van der Waals surface area contributed by atoms with Gasteiger partial charge in [-0.15, -0.1) is 0 Å². The number of hydrogen-bond donors (Lipinski definition) is 7. The minimum Gasteiger partial charge on any atom is -0.449 e. The number of halogens is 3. The van der Waals surface area contributed by atoms with E-state index in [1.807, 2.05) is 78.9 Å². The first-order valence-corrected chi connectivity index (χ1v) is 20.3. The number of carbonyl (C=O) groups is 4. The predicted molar refractivity (Wildman–Crippen MR) is 221 cm³/mol. The fraction of sp³-hybridized carbons (Fsp3) is 0.381. The van der Waals surface area contributed by atoms with Gasteiger partial charge in [-0.1, -0.05) is 66.7 Å². The van der Waals surface area contributed by atoms with Gasteiger partial charge in [0, 0.05) is 50.9 Å².